The predicted octanol–water partition coefficient (Wildman–Crippen LogP) is 6.69. The van der Waals surface area contributed by atoms with Crippen molar-refractivity contribution in [2.75, 3.05) is 6.61 Å². The van der Waals surface area contributed by atoms with Gasteiger partial charge in [0.1, 0.15) is 5.75 Å². The molecule has 0 aliphatic rings. The molecule has 5 heteroatoms. The summed E-state index contributed by atoms with van der Waals surface area (Å²) in [6.45, 7) is 1.68. The van der Waals surface area contributed by atoms with E-state index in [-0.39, 0.29) is 6.61 Å². The normalized spacial score (nSPS) is 10.5. The highest BCUT2D eigenvalue weighted by Crippen LogP contribution is 2.28. The molecule has 30 heavy (non-hydrogen) atoms. The van der Waals surface area contributed by atoms with E-state index in [1.54, 1.807) is 0 Å². The van der Waals surface area contributed by atoms with E-state index in [0.717, 1.165) is 34.2 Å². The molecule has 0 radical (unpaired) electrons. The summed E-state index contributed by atoms with van der Waals surface area (Å²) < 4.78 is 5.39. The van der Waals surface area contributed by atoms with E-state index < -0.39 is 5.97 Å². The lowest BCUT2D eigenvalue weighted by Gasteiger charge is -2.12. The second-order valence-corrected chi connectivity index (χ2v) is 7.69. The summed E-state index contributed by atoms with van der Waals surface area (Å²) in [5.74, 6) is -0.372. The molecule has 0 saturated heterocycles. The van der Waals surface area contributed by atoms with Crippen LogP contribution in [-0.4, -0.2) is 17.7 Å². The van der Waals surface area contributed by atoms with Gasteiger partial charge in [-0.3, -0.25) is 0 Å². The Labute approximate surface area is 186 Å². The molecule has 0 aromatic heterocycles. The molecule has 0 heterocycles. The van der Waals surface area contributed by atoms with E-state index in [1.165, 1.54) is 0 Å². The molecule has 0 spiro atoms. The van der Waals surface area contributed by atoms with Crippen LogP contribution < -0.4 is 4.74 Å². The number of aryl methyl sites for hydroxylation is 1. The topological polar surface area (TPSA) is 46.5 Å². The summed E-state index contributed by atoms with van der Waals surface area (Å²) in [7, 11) is 0. The highest BCUT2D eigenvalue weighted by Gasteiger charge is 2.08. The maximum absolute atomic E-state index is 10.8. The standard InChI is InChI=1S/C25H22Cl2O3/c1-2-18-15-17(4-14-24(18)30-16-25(28)29)3-13-23(19-5-9-21(26)10-6-19)20-7-11-22(27)12-8-20/h4-15H,2-3,16H2,1H3,(H,28,29). The highest BCUT2D eigenvalue weighted by atomic mass is 35.5. The van der Waals surface area contributed by atoms with Gasteiger partial charge < -0.3 is 9.84 Å². The number of halogens is 2. The molecule has 3 aromatic rings. The monoisotopic (exact) mass is 440 g/mol. The molecule has 3 nitrogen and oxygen atoms in total. The van der Waals surface area contributed by atoms with Crippen molar-refractivity contribution in [1.82, 2.24) is 0 Å². The van der Waals surface area contributed by atoms with Crippen LogP contribution in [0.1, 0.15) is 29.2 Å². The van der Waals surface area contributed by atoms with Crippen LogP contribution in [0.5, 0.6) is 5.75 Å². The van der Waals surface area contributed by atoms with Crippen molar-refractivity contribution in [3.8, 4) is 5.75 Å². The van der Waals surface area contributed by atoms with Crippen LogP contribution in [0.2, 0.25) is 10.0 Å². The average Bonchev–Trinajstić information content (AvgIpc) is 2.75. The minimum absolute atomic E-state index is 0.344. The Balaban J connectivity index is 1.91. The largest absolute Gasteiger partial charge is 0.482 e. The zero-order valence-corrected chi connectivity index (χ0v) is 18.1. The van der Waals surface area contributed by atoms with Gasteiger partial charge in [-0.15, -0.1) is 0 Å². The van der Waals surface area contributed by atoms with Crippen LogP contribution in [0.4, 0.5) is 0 Å². The third-order valence-corrected chi connectivity index (χ3v) is 5.21. The molecule has 3 aromatic carbocycles. The van der Waals surface area contributed by atoms with Gasteiger partial charge in [0.25, 0.3) is 0 Å². The molecule has 0 atom stereocenters. The van der Waals surface area contributed by atoms with E-state index in [4.69, 9.17) is 33.0 Å². The number of ether oxygens (including phenoxy) is 1. The van der Waals surface area contributed by atoms with Crippen LogP contribution in [0.15, 0.2) is 72.8 Å². The van der Waals surface area contributed by atoms with Gasteiger partial charge in [-0.05, 0) is 71.0 Å². The Kier molecular flexibility index (Phi) is 7.56. The van der Waals surface area contributed by atoms with Gasteiger partial charge in [0.15, 0.2) is 6.61 Å². The molecule has 0 fully saturated rings. The maximum atomic E-state index is 10.8. The van der Waals surface area contributed by atoms with Crippen LogP contribution in [-0.2, 0) is 17.6 Å². The van der Waals surface area contributed by atoms with E-state index >= 15 is 0 Å². The molecule has 0 aliphatic carbocycles. The van der Waals surface area contributed by atoms with Crippen molar-refractivity contribution < 1.29 is 14.6 Å². The smallest absolute Gasteiger partial charge is 0.341 e. The molecule has 0 amide bonds. The molecule has 0 bridgehead atoms. The number of hydrogen-bond donors (Lipinski definition) is 1. The molecule has 0 unspecified atom stereocenters. The van der Waals surface area contributed by atoms with Crippen molar-refractivity contribution in [3.63, 3.8) is 0 Å². The maximum Gasteiger partial charge on any atom is 0.341 e. The molecule has 3 rings (SSSR count). The lowest BCUT2D eigenvalue weighted by Crippen LogP contribution is -2.10. The predicted molar refractivity (Wildman–Crippen MR) is 123 cm³/mol. The fourth-order valence-corrected chi connectivity index (χ4v) is 3.45. The Hall–Kier alpha value is -2.75. The van der Waals surface area contributed by atoms with E-state index in [1.807, 2.05) is 67.6 Å². The number of benzene rings is 3. The fraction of sp³-hybridized carbons (Fsp3) is 0.160. The van der Waals surface area contributed by atoms with Gasteiger partial charge in [0, 0.05) is 10.0 Å². The number of carboxylic acids is 1. The molecule has 0 aliphatic heterocycles. The van der Waals surface area contributed by atoms with Gasteiger partial charge >= 0.3 is 5.97 Å². The quantitative estimate of drug-likeness (QED) is 0.424. The summed E-state index contributed by atoms with van der Waals surface area (Å²) in [6.07, 6.45) is 3.65. The first-order valence-electron chi connectivity index (χ1n) is 9.64. The van der Waals surface area contributed by atoms with E-state index in [0.29, 0.717) is 22.2 Å². The third kappa shape index (κ3) is 5.88. The fourth-order valence-electron chi connectivity index (χ4n) is 3.20. The van der Waals surface area contributed by atoms with Crippen LogP contribution in [0.25, 0.3) is 5.57 Å². The second-order valence-electron chi connectivity index (χ2n) is 6.81. The Bertz CT molecular complexity index is 991. The summed E-state index contributed by atoms with van der Waals surface area (Å²) >= 11 is 12.1. The summed E-state index contributed by atoms with van der Waals surface area (Å²) in [4.78, 5) is 10.8. The first-order valence-corrected chi connectivity index (χ1v) is 10.4. The van der Waals surface area contributed by atoms with Gasteiger partial charge in [0.2, 0.25) is 0 Å². The Morgan fingerprint density at radius 2 is 1.50 bits per heavy atom. The zero-order chi connectivity index (χ0) is 21.5. The summed E-state index contributed by atoms with van der Waals surface area (Å²) in [6, 6.07) is 21.4. The average molecular weight is 441 g/mol. The van der Waals surface area contributed by atoms with Gasteiger partial charge in [-0.1, -0.05) is 72.6 Å². The molecular formula is C25H22Cl2O3. The zero-order valence-electron chi connectivity index (χ0n) is 16.6. The van der Waals surface area contributed by atoms with Crippen molar-refractivity contribution in [2.45, 2.75) is 19.8 Å². The number of carbonyl (C=O) groups is 1. The molecule has 0 saturated carbocycles. The lowest BCUT2D eigenvalue weighted by molar-refractivity contribution is -0.139. The summed E-state index contributed by atoms with van der Waals surface area (Å²) in [5, 5.41) is 10.2. The van der Waals surface area contributed by atoms with Crippen LogP contribution in [0.3, 0.4) is 0 Å². The molecular weight excluding hydrogens is 419 g/mol. The van der Waals surface area contributed by atoms with Crippen molar-refractivity contribution >= 4 is 34.7 Å². The molecule has 1 N–H and O–H groups in total. The van der Waals surface area contributed by atoms with E-state index in [9.17, 15) is 4.79 Å². The van der Waals surface area contributed by atoms with Gasteiger partial charge in [-0.25, -0.2) is 4.79 Å². The number of hydrogen-bond acceptors (Lipinski definition) is 2. The SMILES string of the molecule is CCc1cc(CC=C(c2ccc(Cl)cc2)c2ccc(Cl)cc2)ccc1OCC(=O)O. The van der Waals surface area contributed by atoms with Gasteiger partial charge in [0.05, 0.1) is 0 Å². The number of carboxylic acid groups (broad SMARTS) is 1. The van der Waals surface area contributed by atoms with Gasteiger partial charge in [-0.2, -0.15) is 0 Å². The Morgan fingerprint density at radius 1 is 0.933 bits per heavy atom. The summed E-state index contributed by atoms with van der Waals surface area (Å²) in [5.41, 5.74) is 5.34. The number of rotatable bonds is 8. The van der Waals surface area contributed by atoms with Crippen LogP contribution in [0, 0.1) is 0 Å². The van der Waals surface area contributed by atoms with Crippen molar-refractivity contribution in [3.05, 3.63) is 105 Å². The number of allylic oxidation sites excluding steroid dienone is 1. The second kappa shape index (κ2) is 10.3. The lowest BCUT2D eigenvalue weighted by atomic mass is 9.95. The highest BCUT2D eigenvalue weighted by molar-refractivity contribution is 6.31. The third-order valence-electron chi connectivity index (χ3n) is 4.71. The van der Waals surface area contributed by atoms with Crippen molar-refractivity contribution in [2.24, 2.45) is 0 Å². The minimum Gasteiger partial charge on any atom is -0.482 e. The number of aliphatic carboxylic acids is 1. The van der Waals surface area contributed by atoms with Crippen LogP contribution >= 0.6 is 23.2 Å². The Morgan fingerprint density at radius 3 is 2.00 bits per heavy atom. The van der Waals surface area contributed by atoms with E-state index in [2.05, 4.69) is 12.1 Å². The first kappa shape index (κ1) is 21.9. The molecule has 154 valence electrons. The minimum atomic E-state index is -0.986. The van der Waals surface area contributed by atoms with Crippen molar-refractivity contribution in [1.29, 1.82) is 0 Å². The first-order chi connectivity index (χ1) is 14.5.